The summed E-state index contributed by atoms with van der Waals surface area (Å²) in [4.78, 5) is 15.4. The topological polar surface area (TPSA) is 41.5 Å². The van der Waals surface area contributed by atoms with Gasteiger partial charge < -0.3 is 14.5 Å². The van der Waals surface area contributed by atoms with Crippen molar-refractivity contribution in [2.45, 2.75) is 45.6 Å². The van der Waals surface area contributed by atoms with Crippen molar-refractivity contribution in [2.24, 2.45) is 0 Å². The van der Waals surface area contributed by atoms with Crippen molar-refractivity contribution in [1.29, 1.82) is 0 Å². The number of anilines is 1. The van der Waals surface area contributed by atoms with E-state index < -0.39 is 0 Å². The molecule has 0 aliphatic carbocycles. The van der Waals surface area contributed by atoms with Gasteiger partial charge in [0.1, 0.15) is 16.5 Å². The molecule has 0 saturated carbocycles. The van der Waals surface area contributed by atoms with Crippen LogP contribution in [0.4, 0.5) is 5.82 Å². The van der Waals surface area contributed by atoms with Crippen molar-refractivity contribution in [1.82, 2.24) is 14.9 Å². The molecule has 0 spiro atoms. The second-order valence-corrected chi connectivity index (χ2v) is 8.16. The number of thiophene rings is 1. The normalized spacial score (nSPS) is 20.0. The number of piperidine rings is 1. The number of aromatic nitrogens is 2. The fourth-order valence-corrected chi connectivity index (χ4v) is 4.95. The second kappa shape index (κ2) is 7.56. The van der Waals surface area contributed by atoms with E-state index in [1.165, 1.54) is 36.9 Å². The lowest BCUT2D eigenvalue weighted by molar-refractivity contribution is 0.0265. The predicted molar refractivity (Wildman–Crippen MR) is 104 cm³/mol. The minimum absolute atomic E-state index is 0.404. The summed E-state index contributed by atoms with van der Waals surface area (Å²) in [6, 6.07) is 0. The maximum atomic E-state index is 6.15. The minimum Gasteiger partial charge on any atom is -0.377 e. The van der Waals surface area contributed by atoms with E-state index in [0.717, 1.165) is 55.6 Å². The number of likely N-dealkylation sites (tertiary alicyclic amines) is 1. The zero-order valence-electron chi connectivity index (χ0n) is 15.3. The van der Waals surface area contributed by atoms with Gasteiger partial charge in [-0.05, 0) is 63.6 Å². The number of hydrogen-bond donors (Lipinski definition) is 0. The molecule has 4 rings (SSSR count). The van der Waals surface area contributed by atoms with Crippen molar-refractivity contribution in [3.63, 3.8) is 0 Å². The molecule has 4 heterocycles. The van der Waals surface area contributed by atoms with E-state index in [9.17, 15) is 0 Å². The molecule has 0 unspecified atom stereocenters. The van der Waals surface area contributed by atoms with E-state index in [4.69, 9.17) is 9.72 Å². The molecule has 2 aliphatic rings. The highest BCUT2D eigenvalue weighted by molar-refractivity contribution is 7.17. The Balaban J connectivity index is 1.35. The van der Waals surface area contributed by atoms with Crippen LogP contribution in [0.5, 0.6) is 0 Å². The standard InChI is InChI=1S/C19H28N4OS/c1-14-13-25-19-17(14)18(20-15(2)21-19)23-9-5-16(6-10-23)24-12-11-22-7-3-4-8-22/h13,16H,3-12H2,1-2H3. The summed E-state index contributed by atoms with van der Waals surface area (Å²) < 4.78 is 6.15. The third kappa shape index (κ3) is 3.81. The van der Waals surface area contributed by atoms with Crippen LogP contribution in [-0.4, -0.2) is 60.3 Å². The van der Waals surface area contributed by atoms with Crippen molar-refractivity contribution in [3.05, 3.63) is 16.8 Å². The Morgan fingerprint density at radius 2 is 1.88 bits per heavy atom. The van der Waals surface area contributed by atoms with Crippen molar-refractivity contribution < 1.29 is 4.74 Å². The molecule has 0 bridgehead atoms. The Bertz CT molecular complexity index is 718. The predicted octanol–water partition coefficient (Wildman–Crippen LogP) is 3.39. The Morgan fingerprint density at radius 1 is 1.12 bits per heavy atom. The van der Waals surface area contributed by atoms with Crippen LogP contribution in [0.1, 0.15) is 37.1 Å². The van der Waals surface area contributed by atoms with Gasteiger partial charge in [0, 0.05) is 19.6 Å². The van der Waals surface area contributed by atoms with Gasteiger partial charge in [0.2, 0.25) is 0 Å². The lowest BCUT2D eigenvalue weighted by Gasteiger charge is -2.33. The fraction of sp³-hybridized carbons (Fsp3) is 0.684. The molecule has 0 amide bonds. The maximum Gasteiger partial charge on any atom is 0.141 e. The van der Waals surface area contributed by atoms with E-state index in [1.807, 2.05) is 6.92 Å². The quantitative estimate of drug-likeness (QED) is 0.817. The van der Waals surface area contributed by atoms with Gasteiger partial charge >= 0.3 is 0 Å². The Labute approximate surface area is 154 Å². The number of nitrogens with zero attached hydrogens (tertiary/aromatic N) is 4. The molecule has 0 aromatic carbocycles. The minimum atomic E-state index is 0.404. The molecular weight excluding hydrogens is 332 g/mol. The Hall–Kier alpha value is -1.24. The average molecular weight is 361 g/mol. The third-order valence-corrected chi connectivity index (χ3v) is 6.40. The first-order chi connectivity index (χ1) is 12.2. The molecule has 6 heteroatoms. The lowest BCUT2D eigenvalue weighted by atomic mass is 10.1. The first kappa shape index (κ1) is 17.2. The van der Waals surface area contributed by atoms with Gasteiger partial charge in [0.25, 0.3) is 0 Å². The summed E-state index contributed by atoms with van der Waals surface area (Å²) in [5.74, 6) is 1.99. The molecule has 5 nitrogen and oxygen atoms in total. The molecule has 2 saturated heterocycles. The molecule has 2 fully saturated rings. The molecule has 25 heavy (non-hydrogen) atoms. The van der Waals surface area contributed by atoms with Crippen LogP contribution < -0.4 is 4.90 Å². The SMILES string of the molecule is Cc1nc(N2CCC(OCCN3CCCC3)CC2)c2c(C)csc2n1. The van der Waals surface area contributed by atoms with Gasteiger partial charge in [0.05, 0.1) is 18.1 Å². The summed E-state index contributed by atoms with van der Waals surface area (Å²) >= 11 is 1.72. The molecular formula is C19H28N4OS. The zero-order valence-corrected chi connectivity index (χ0v) is 16.1. The highest BCUT2D eigenvalue weighted by Crippen LogP contribution is 2.33. The highest BCUT2D eigenvalue weighted by atomic mass is 32.1. The van der Waals surface area contributed by atoms with E-state index in [-0.39, 0.29) is 0 Å². The molecule has 2 aliphatic heterocycles. The zero-order chi connectivity index (χ0) is 17.2. The lowest BCUT2D eigenvalue weighted by Crippen LogP contribution is -2.38. The van der Waals surface area contributed by atoms with E-state index >= 15 is 0 Å². The smallest absolute Gasteiger partial charge is 0.141 e. The van der Waals surface area contributed by atoms with Crippen LogP contribution in [0, 0.1) is 13.8 Å². The van der Waals surface area contributed by atoms with Crippen LogP contribution in [0.25, 0.3) is 10.2 Å². The number of rotatable bonds is 5. The van der Waals surface area contributed by atoms with Gasteiger partial charge in [-0.1, -0.05) is 0 Å². The molecule has 2 aromatic rings. The van der Waals surface area contributed by atoms with Gasteiger partial charge in [-0.2, -0.15) is 0 Å². The highest BCUT2D eigenvalue weighted by Gasteiger charge is 2.24. The van der Waals surface area contributed by atoms with Crippen molar-refractivity contribution in [2.75, 3.05) is 44.2 Å². The van der Waals surface area contributed by atoms with E-state index in [1.54, 1.807) is 11.3 Å². The van der Waals surface area contributed by atoms with E-state index in [2.05, 4.69) is 27.1 Å². The van der Waals surface area contributed by atoms with Gasteiger partial charge in [-0.25, -0.2) is 9.97 Å². The van der Waals surface area contributed by atoms with E-state index in [0.29, 0.717) is 6.10 Å². The average Bonchev–Trinajstić information content (AvgIpc) is 3.25. The van der Waals surface area contributed by atoms with Crippen LogP contribution in [0.2, 0.25) is 0 Å². The summed E-state index contributed by atoms with van der Waals surface area (Å²) in [5.41, 5.74) is 1.29. The largest absolute Gasteiger partial charge is 0.377 e. The van der Waals surface area contributed by atoms with Crippen molar-refractivity contribution >= 4 is 27.4 Å². The Morgan fingerprint density at radius 3 is 2.64 bits per heavy atom. The first-order valence-electron chi connectivity index (χ1n) is 9.52. The maximum absolute atomic E-state index is 6.15. The van der Waals surface area contributed by atoms with Crippen LogP contribution in [-0.2, 0) is 4.74 Å². The summed E-state index contributed by atoms with van der Waals surface area (Å²) in [6.45, 7) is 10.7. The van der Waals surface area contributed by atoms with Gasteiger partial charge in [0.15, 0.2) is 0 Å². The summed E-state index contributed by atoms with van der Waals surface area (Å²) in [7, 11) is 0. The molecule has 2 aromatic heterocycles. The number of aryl methyl sites for hydroxylation is 2. The monoisotopic (exact) mass is 360 g/mol. The van der Waals surface area contributed by atoms with Crippen molar-refractivity contribution in [3.8, 4) is 0 Å². The van der Waals surface area contributed by atoms with Crippen LogP contribution in [0.15, 0.2) is 5.38 Å². The first-order valence-corrected chi connectivity index (χ1v) is 10.4. The molecule has 0 atom stereocenters. The van der Waals surface area contributed by atoms with Crippen LogP contribution >= 0.6 is 11.3 Å². The molecule has 0 N–H and O–H groups in total. The van der Waals surface area contributed by atoms with Gasteiger partial charge in [-0.15, -0.1) is 11.3 Å². The summed E-state index contributed by atoms with van der Waals surface area (Å²) in [6.07, 6.45) is 5.29. The number of ether oxygens (including phenoxy) is 1. The molecule has 0 radical (unpaired) electrons. The van der Waals surface area contributed by atoms with Crippen LogP contribution in [0.3, 0.4) is 0 Å². The molecule has 136 valence electrons. The fourth-order valence-electron chi connectivity index (χ4n) is 3.98. The third-order valence-electron chi connectivity index (χ3n) is 5.41. The second-order valence-electron chi connectivity index (χ2n) is 7.30. The Kier molecular flexibility index (Phi) is 5.20. The van der Waals surface area contributed by atoms with Gasteiger partial charge in [-0.3, -0.25) is 0 Å². The summed E-state index contributed by atoms with van der Waals surface area (Å²) in [5, 5.41) is 3.43. The number of hydrogen-bond acceptors (Lipinski definition) is 6. The number of fused-ring (bicyclic) bond motifs is 1.